The van der Waals surface area contributed by atoms with Crippen molar-refractivity contribution < 1.29 is 10.0 Å². The molecule has 0 bridgehead atoms. The van der Waals surface area contributed by atoms with Crippen LogP contribution >= 0.6 is 0 Å². The van der Waals surface area contributed by atoms with E-state index in [2.05, 4.69) is 9.97 Å². The summed E-state index contributed by atoms with van der Waals surface area (Å²) in [5.41, 5.74) is 10.9. The summed E-state index contributed by atoms with van der Waals surface area (Å²) >= 11 is 0. The number of nitro groups is 1. The van der Waals surface area contributed by atoms with Crippen molar-refractivity contribution in [3.63, 3.8) is 0 Å². The second-order valence-corrected chi connectivity index (χ2v) is 4.24. The van der Waals surface area contributed by atoms with Crippen LogP contribution in [-0.4, -0.2) is 20.0 Å². The summed E-state index contributed by atoms with van der Waals surface area (Å²) < 4.78 is 0. The minimum atomic E-state index is -0.730. The third kappa shape index (κ3) is 2.37. The first-order valence-electron chi connectivity index (χ1n) is 5.66. The highest BCUT2D eigenvalue weighted by molar-refractivity contribution is 5.80. The number of rotatable bonds is 2. The number of benzene rings is 1. The Balaban J connectivity index is 2.86. The first-order valence-corrected chi connectivity index (χ1v) is 5.66. The maximum absolute atomic E-state index is 10.9. The molecule has 0 spiro atoms. The first kappa shape index (κ1) is 14.0. The van der Waals surface area contributed by atoms with Gasteiger partial charge in [-0.15, -0.1) is 0 Å². The average molecular weight is 286 g/mol. The second kappa shape index (κ2) is 4.93. The third-order valence-electron chi connectivity index (χ3n) is 2.75. The monoisotopic (exact) mass is 286 g/mol. The number of nitriles is 1. The van der Waals surface area contributed by atoms with Crippen molar-refractivity contribution in [3.05, 3.63) is 33.4 Å². The average Bonchev–Trinajstić information content (AvgIpc) is 2.40. The summed E-state index contributed by atoms with van der Waals surface area (Å²) in [6, 6.07) is 4.45. The lowest BCUT2D eigenvalue weighted by Gasteiger charge is -2.09. The van der Waals surface area contributed by atoms with Crippen molar-refractivity contribution in [3.8, 4) is 23.1 Å². The molecule has 1 aromatic heterocycles. The number of hydrogen-bond acceptors (Lipinski definition) is 8. The molecule has 0 radical (unpaired) electrons. The van der Waals surface area contributed by atoms with E-state index in [1.54, 1.807) is 13.0 Å². The van der Waals surface area contributed by atoms with Crippen LogP contribution in [0.5, 0.6) is 5.75 Å². The van der Waals surface area contributed by atoms with Crippen LogP contribution < -0.4 is 11.5 Å². The number of aromatic nitrogens is 2. The van der Waals surface area contributed by atoms with Crippen molar-refractivity contribution in [2.75, 3.05) is 11.5 Å². The zero-order valence-electron chi connectivity index (χ0n) is 10.9. The molecule has 0 aliphatic heterocycles. The van der Waals surface area contributed by atoms with E-state index in [0.717, 1.165) is 0 Å². The van der Waals surface area contributed by atoms with Gasteiger partial charge in [0.1, 0.15) is 17.5 Å². The van der Waals surface area contributed by atoms with Gasteiger partial charge in [-0.1, -0.05) is 0 Å². The topological polar surface area (TPSA) is 165 Å². The largest absolute Gasteiger partial charge is 0.502 e. The van der Waals surface area contributed by atoms with E-state index < -0.39 is 16.4 Å². The van der Waals surface area contributed by atoms with Crippen LogP contribution in [0.15, 0.2) is 12.1 Å². The highest BCUT2D eigenvalue weighted by Gasteiger charge is 2.23. The number of aryl methyl sites for hydroxylation is 1. The predicted octanol–water partition coefficient (Wildman–Crippen LogP) is 1.10. The van der Waals surface area contributed by atoms with E-state index in [4.69, 9.17) is 16.7 Å². The first-order chi connectivity index (χ1) is 9.85. The van der Waals surface area contributed by atoms with Gasteiger partial charge in [0.25, 0.3) is 0 Å². The summed E-state index contributed by atoms with van der Waals surface area (Å²) in [4.78, 5) is 17.7. The zero-order chi connectivity index (χ0) is 15.7. The molecule has 0 saturated heterocycles. The molecule has 0 saturated carbocycles. The van der Waals surface area contributed by atoms with Crippen LogP contribution in [0.1, 0.15) is 11.1 Å². The molecule has 0 aliphatic rings. The van der Waals surface area contributed by atoms with Gasteiger partial charge in [0, 0.05) is 6.07 Å². The van der Waals surface area contributed by atoms with Gasteiger partial charge >= 0.3 is 5.69 Å². The predicted molar refractivity (Wildman–Crippen MR) is 74.1 cm³/mol. The summed E-state index contributed by atoms with van der Waals surface area (Å²) in [6.07, 6.45) is 0. The van der Waals surface area contributed by atoms with Crippen molar-refractivity contribution in [1.29, 1.82) is 5.26 Å². The Morgan fingerprint density at radius 3 is 2.62 bits per heavy atom. The molecule has 2 aromatic rings. The SMILES string of the molecule is Cc1cc(-c2nc(N)nc(N)c2C#N)c(O)c([N+](=O)[O-])c1. The molecule has 0 fully saturated rings. The maximum atomic E-state index is 10.9. The van der Waals surface area contributed by atoms with Gasteiger partial charge in [0.15, 0.2) is 0 Å². The zero-order valence-corrected chi connectivity index (χ0v) is 10.9. The lowest BCUT2D eigenvalue weighted by Crippen LogP contribution is -2.05. The number of nitro benzene ring substituents is 1. The number of nitrogens with zero attached hydrogens (tertiary/aromatic N) is 4. The molecule has 2 rings (SSSR count). The van der Waals surface area contributed by atoms with Gasteiger partial charge in [-0.3, -0.25) is 10.1 Å². The Labute approximate surface area is 118 Å². The lowest BCUT2D eigenvalue weighted by atomic mass is 10.0. The van der Waals surface area contributed by atoms with Crippen LogP contribution in [0.3, 0.4) is 0 Å². The lowest BCUT2D eigenvalue weighted by molar-refractivity contribution is -0.385. The molecule has 106 valence electrons. The Morgan fingerprint density at radius 1 is 1.38 bits per heavy atom. The highest BCUT2D eigenvalue weighted by Crippen LogP contribution is 2.39. The van der Waals surface area contributed by atoms with Crippen LogP contribution in [0.4, 0.5) is 17.5 Å². The molecule has 1 heterocycles. The Kier molecular flexibility index (Phi) is 3.29. The summed E-state index contributed by atoms with van der Waals surface area (Å²) in [6.45, 7) is 1.61. The van der Waals surface area contributed by atoms with Gasteiger partial charge in [-0.25, -0.2) is 4.98 Å². The van der Waals surface area contributed by atoms with Gasteiger partial charge in [0.2, 0.25) is 11.7 Å². The number of anilines is 2. The maximum Gasteiger partial charge on any atom is 0.311 e. The standard InChI is InChI=1S/C12H10N6O3/c1-5-2-6(10(19)8(3-5)18(20)21)9-7(4-13)11(14)17-12(15)16-9/h2-3,19H,1H3,(H4,14,15,16,17). The minimum absolute atomic E-state index is 0.000880. The molecule has 0 unspecified atom stereocenters. The Hall–Kier alpha value is -3.41. The van der Waals surface area contributed by atoms with Crippen LogP contribution in [-0.2, 0) is 0 Å². The molecule has 5 N–H and O–H groups in total. The molecule has 21 heavy (non-hydrogen) atoms. The van der Waals surface area contributed by atoms with Crippen LogP contribution in [0, 0.1) is 28.4 Å². The normalized spacial score (nSPS) is 10.1. The number of aromatic hydroxyl groups is 1. The van der Waals surface area contributed by atoms with Crippen molar-refractivity contribution in [1.82, 2.24) is 9.97 Å². The van der Waals surface area contributed by atoms with Gasteiger partial charge in [-0.05, 0) is 18.6 Å². The summed E-state index contributed by atoms with van der Waals surface area (Å²) in [5, 5.41) is 30.1. The second-order valence-electron chi connectivity index (χ2n) is 4.24. The number of phenols is 1. The van der Waals surface area contributed by atoms with E-state index in [9.17, 15) is 15.2 Å². The molecular formula is C12H10N6O3. The van der Waals surface area contributed by atoms with E-state index in [0.29, 0.717) is 5.56 Å². The van der Waals surface area contributed by atoms with Crippen molar-refractivity contribution >= 4 is 17.5 Å². The molecule has 9 nitrogen and oxygen atoms in total. The van der Waals surface area contributed by atoms with Crippen LogP contribution in [0.2, 0.25) is 0 Å². The fourth-order valence-corrected chi connectivity index (χ4v) is 1.88. The Morgan fingerprint density at radius 2 is 2.05 bits per heavy atom. The van der Waals surface area contributed by atoms with E-state index >= 15 is 0 Å². The number of hydrogen-bond donors (Lipinski definition) is 3. The highest BCUT2D eigenvalue weighted by atomic mass is 16.6. The molecule has 0 amide bonds. The molecule has 0 atom stereocenters. The summed E-state index contributed by atoms with van der Waals surface area (Å²) in [5.74, 6) is -0.979. The van der Waals surface area contributed by atoms with Crippen LogP contribution in [0.25, 0.3) is 11.3 Å². The summed E-state index contributed by atoms with van der Waals surface area (Å²) in [7, 11) is 0. The number of nitrogen functional groups attached to an aromatic ring is 2. The quantitative estimate of drug-likeness (QED) is 0.545. The molecule has 1 aromatic carbocycles. The van der Waals surface area contributed by atoms with Crippen molar-refractivity contribution in [2.45, 2.75) is 6.92 Å². The van der Waals surface area contributed by atoms with Crippen molar-refractivity contribution in [2.24, 2.45) is 0 Å². The molecule has 0 aliphatic carbocycles. The molecular weight excluding hydrogens is 276 g/mol. The van der Waals surface area contributed by atoms with E-state index in [1.807, 2.05) is 0 Å². The van der Waals surface area contributed by atoms with Gasteiger partial charge in [-0.2, -0.15) is 10.2 Å². The third-order valence-corrected chi connectivity index (χ3v) is 2.75. The minimum Gasteiger partial charge on any atom is -0.502 e. The number of nitrogens with two attached hydrogens (primary N) is 2. The van der Waals surface area contributed by atoms with E-state index in [1.165, 1.54) is 12.1 Å². The van der Waals surface area contributed by atoms with E-state index in [-0.39, 0.29) is 28.6 Å². The fraction of sp³-hybridized carbons (Fsp3) is 0.0833. The van der Waals surface area contributed by atoms with Gasteiger partial charge in [0.05, 0.1) is 16.2 Å². The number of phenolic OH excluding ortho intramolecular Hbond substituents is 1. The smallest absolute Gasteiger partial charge is 0.311 e. The molecule has 9 heteroatoms. The Bertz CT molecular complexity index is 797. The van der Waals surface area contributed by atoms with Gasteiger partial charge < -0.3 is 16.6 Å². The fourth-order valence-electron chi connectivity index (χ4n) is 1.88.